The van der Waals surface area contributed by atoms with Crippen LogP contribution in [0.15, 0.2) is 18.2 Å². The van der Waals surface area contributed by atoms with Crippen molar-refractivity contribution in [3.05, 3.63) is 18.2 Å². The molecule has 0 heterocycles. The van der Waals surface area contributed by atoms with Crippen LogP contribution in [0.1, 0.15) is 0 Å². The third-order valence-electron chi connectivity index (χ3n) is 1.48. The molecular weight excluding hydrogens is 174 g/mol. The summed E-state index contributed by atoms with van der Waals surface area (Å²) in [6, 6.07) is 5.46. The van der Waals surface area contributed by atoms with Gasteiger partial charge in [-0.2, -0.15) is 0 Å². The second kappa shape index (κ2) is 4.11. The van der Waals surface area contributed by atoms with E-state index in [0.29, 0.717) is 0 Å². The number of benzene rings is 1. The van der Waals surface area contributed by atoms with Crippen LogP contribution in [-0.2, 0) is 0 Å². The highest BCUT2D eigenvalue weighted by atomic mass is 32.1. The maximum Gasteiger partial charge on any atom is 0.124 e. The second-order valence-electron chi connectivity index (χ2n) is 2.21. The average Bonchev–Trinajstić information content (AvgIpc) is 2.16. The minimum atomic E-state index is 0.742. The van der Waals surface area contributed by atoms with Crippen molar-refractivity contribution in [2.24, 2.45) is 0 Å². The van der Waals surface area contributed by atoms with Gasteiger partial charge < -0.3 is 14.2 Å². The van der Waals surface area contributed by atoms with Gasteiger partial charge in [-0.05, 0) is 0 Å². The van der Waals surface area contributed by atoms with Gasteiger partial charge in [-0.3, -0.25) is 0 Å². The van der Waals surface area contributed by atoms with E-state index < -0.39 is 0 Å². The summed E-state index contributed by atoms with van der Waals surface area (Å²) >= 11 is 3.92. The fourth-order valence-corrected chi connectivity index (χ4v) is 1.00. The van der Waals surface area contributed by atoms with Crippen LogP contribution in [0.2, 0.25) is 0 Å². The number of thiol groups is 1. The van der Waals surface area contributed by atoms with Gasteiger partial charge in [0.1, 0.15) is 11.5 Å². The van der Waals surface area contributed by atoms with Crippen LogP contribution in [0.3, 0.4) is 0 Å². The summed E-state index contributed by atoms with van der Waals surface area (Å²) in [6.07, 6.45) is 0. The van der Waals surface area contributed by atoms with E-state index >= 15 is 0 Å². The van der Waals surface area contributed by atoms with Crippen molar-refractivity contribution in [2.45, 2.75) is 0 Å². The first-order chi connectivity index (χ1) is 5.80. The first-order valence-corrected chi connectivity index (χ1v) is 3.88. The molecule has 0 bridgehead atoms. The van der Waals surface area contributed by atoms with Crippen molar-refractivity contribution in [3.8, 4) is 11.5 Å². The van der Waals surface area contributed by atoms with Crippen LogP contribution >= 0.6 is 12.8 Å². The fourth-order valence-electron chi connectivity index (χ4n) is 0.872. The predicted molar refractivity (Wildman–Crippen MR) is 52.2 cm³/mol. The fraction of sp³-hybridized carbons (Fsp3) is 0.250. The summed E-state index contributed by atoms with van der Waals surface area (Å²) in [5.74, 6) is 1.48. The number of methoxy groups -OCH3 is 2. The van der Waals surface area contributed by atoms with E-state index in [1.807, 2.05) is 12.1 Å². The molecule has 1 rings (SSSR count). The molecule has 1 aromatic rings. The van der Waals surface area contributed by atoms with Crippen molar-refractivity contribution in [1.29, 1.82) is 0 Å². The van der Waals surface area contributed by atoms with E-state index in [2.05, 4.69) is 17.5 Å². The lowest BCUT2D eigenvalue weighted by Gasteiger charge is -2.06. The van der Waals surface area contributed by atoms with E-state index in [1.54, 1.807) is 20.3 Å². The summed E-state index contributed by atoms with van der Waals surface area (Å²) in [4.78, 5) is 0. The normalized spacial score (nSPS) is 9.25. The molecular formula is C8H11NO2S. The van der Waals surface area contributed by atoms with Crippen molar-refractivity contribution in [1.82, 2.24) is 0 Å². The minimum Gasteiger partial charge on any atom is -0.497 e. The average molecular weight is 185 g/mol. The summed E-state index contributed by atoms with van der Waals surface area (Å²) in [5, 5.41) is 0. The number of hydrogen-bond acceptors (Lipinski definition) is 4. The van der Waals surface area contributed by atoms with Crippen molar-refractivity contribution in [2.75, 3.05) is 18.9 Å². The van der Waals surface area contributed by atoms with Crippen molar-refractivity contribution < 1.29 is 9.47 Å². The molecule has 0 unspecified atom stereocenters. The van der Waals surface area contributed by atoms with E-state index in [4.69, 9.17) is 9.47 Å². The van der Waals surface area contributed by atoms with Gasteiger partial charge in [0.25, 0.3) is 0 Å². The zero-order valence-corrected chi connectivity index (χ0v) is 7.89. The number of anilines is 1. The van der Waals surface area contributed by atoms with Crippen LogP contribution in [0.5, 0.6) is 11.5 Å². The Bertz CT molecular complexity index is 210. The Morgan fingerprint density at radius 1 is 1.08 bits per heavy atom. The Morgan fingerprint density at radius 2 is 1.58 bits per heavy atom. The SMILES string of the molecule is COc1cc(NS)cc(OC)c1. The Balaban J connectivity index is 3.01. The molecule has 66 valence electrons. The molecule has 0 atom stereocenters. The number of hydrogen-bond donors (Lipinski definition) is 2. The number of nitrogens with one attached hydrogen (secondary N) is 1. The first kappa shape index (κ1) is 9.06. The van der Waals surface area contributed by atoms with Crippen LogP contribution < -0.4 is 14.2 Å². The quantitative estimate of drug-likeness (QED) is 0.706. The van der Waals surface area contributed by atoms with E-state index in [-0.39, 0.29) is 0 Å². The summed E-state index contributed by atoms with van der Waals surface area (Å²) in [5.41, 5.74) is 0.842. The van der Waals surface area contributed by atoms with Crippen molar-refractivity contribution >= 4 is 18.5 Å². The molecule has 4 heteroatoms. The molecule has 1 aromatic carbocycles. The van der Waals surface area contributed by atoms with Gasteiger partial charge in [-0.1, -0.05) is 12.8 Å². The van der Waals surface area contributed by atoms with Gasteiger partial charge in [0, 0.05) is 18.2 Å². The lowest BCUT2D eigenvalue weighted by molar-refractivity contribution is 0.395. The van der Waals surface area contributed by atoms with Crippen LogP contribution in [0, 0.1) is 0 Å². The molecule has 0 aliphatic heterocycles. The molecule has 0 fully saturated rings. The van der Waals surface area contributed by atoms with E-state index in [9.17, 15) is 0 Å². The third-order valence-corrected chi connectivity index (χ3v) is 1.74. The molecule has 0 spiro atoms. The summed E-state index contributed by atoms with van der Waals surface area (Å²) in [6.45, 7) is 0. The molecule has 0 aliphatic carbocycles. The van der Waals surface area contributed by atoms with Crippen molar-refractivity contribution in [3.63, 3.8) is 0 Å². The smallest absolute Gasteiger partial charge is 0.124 e. The topological polar surface area (TPSA) is 30.5 Å². The predicted octanol–water partition coefficient (Wildman–Crippen LogP) is 1.96. The van der Waals surface area contributed by atoms with Crippen LogP contribution in [-0.4, -0.2) is 14.2 Å². The van der Waals surface area contributed by atoms with E-state index in [0.717, 1.165) is 17.2 Å². The second-order valence-corrected chi connectivity index (χ2v) is 2.44. The van der Waals surface area contributed by atoms with Gasteiger partial charge in [0.2, 0.25) is 0 Å². The molecule has 0 radical (unpaired) electrons. The lowest BCUT2D eigenvalue weighted by Crippen LogP contribution is -1.89. The number of ether oxygens (including phenoxy) is 2. The van der Waals surface area contributed by atoms with Gasteiger partial charge in [-0.15, -0.1) is 0 Å². The highest BCUT2D eigenvalue weighted by molar-refractivity contribution is 7.81. The third kappa shape index (κ3) is 1.98. The maximum absolute atomic E-state index is 5.05. The zero-order chi connectivity index (χ0) is 8.97. The Kier molecular flexibility index (Phi) is 3.10. The lowest BCUT2D eigenvalue weighted by atomic mass is 10.3. The highest BCUT2D eigenvalue weighted by Gasteiger charge is 1.99. The van der Waals surface area contributed by atoms with Gasteiger partial charge in [-0.25, -0.2) is 0 Å². The Labute approximate surface area is 77.2 Å². The van der Waals surface area contributed by atoms with E-state index in [1.165, 1.54) is 0 Å². The molecule has 0 aliphatic rings. The highest BCUT2D eigenvalue weighted by Crippen LogP contribution is 2.25. The first-order valence-electron chi connectivity index (χ1n) is 3.43. The van der Waals surface area contributed by atoms with Crippen LogP contribution in [0.4, 0.5) is 5.69 Å². The Morgan fingerprint density at radius 3 is 1.92 bits per heavy atom. The molecule has 0 saturated heterocycles. The molecule has 1 N–H and O–H groups in total. The van der Waals surface area contributed by atoms with Gasteiger partial charge >= 0.3 is 0 Å². The minimum absolute atomic E-state index is 0.742. The maximum atomic E-state index is 5.05. The largest absolute Gasteiger partial charge is 0.497 e. The zero-order valence-electron chi connectivity index (χ0n) is 7.00. The Hall–Kier alpha value is -1.03. The van der Waals surface area contributed by atoms with Gasteiger partial charge in [0.05, 0.1) is 19.9 Å². The molecule has 12 heavy (non-hydrogen) atoms. The monoisotopic (exact) mass is 185 g/mol. The standard InChI is InChI=1S/C8H11NO2S/c1-10-7-3-6(9-12)4-8(5-7)11-2/h3-5,9,12H,1-2H3. The molecule has 0 aromatic heterocycles. The van der Waals surface area contributed by atoms with Crippen LogP contribution in [0.25, 0.3) is 0 Å². The number of rotatable bonds is 3. The molecule has 3 nitrogen and oxygen atoms in total. The van der Waals surface area contributed by atoms with Gasteiger partial charge in [0.15, 0.2) is 0 Å². The molecule has 0 saturated carbocycles. The molecule has 0 amide bonds. The summed E-state index contributed by atoms with van der Waals surface area (Å²) < 4.78 is 12.8. The summed E-state index contributed by atoms with van der Waals surface area (Å²) in [7, 11) is 3.22.